The quantitative estimate of drug-likeness (QED) is 0.0865. The topological polar surface area (TPSA) is 91.3 Å². The number of rotatable bonds is 6. The predicted octanol–water partition coefficient (Wildman–Crippen LogP) is 12.0. The van der Waals surface area contributed by atoms with E-state index in [0.29, 0.717) is 29.8 Å². The van der Waals surface area contributed by atoms with Crippen LogP contribution in [0, 0.1) is 134 Å². The molecule has 0 atom stereocenters. The third kappa shape index (κ3) is 8.90. The monoisotopic (exact) mass is 936 g/mol. The highest BCUT2D eigenvalue weighted by Gasteiger charge is 2.52. The maximum absolute atomic E-state index is 13.6. The fraction of sp³-hybridized carbons (Fsp3) is 0.524. The molecule has 3 aromatic rings. The highest BCUT2D eigenvalue weighted by molar-refractivity contribution is 5.67. The van der Waals surface area contributed by atoms with E-state index in [0.717, 1.165) is 37.0 Å². The SMILES string of the molecule is O=C(OCC12CC3CC(CC(C3)C1)C2)Oc1c(F)c(F)c(F)c(F)c1F.O=C(Oc1c(F)c(F)c(F)c(F)c1F)Oc1c(F)c(F)c(F)c(F)c1F.OCC12CC3CC(CC(C3)C1)C2. The van der Waals surface area contributed by atoms with Gasteiger partial charge in [0.15, 0.2) is 0 Å². The van der Waals surface area contributed by atoms with Crippen LogP contribution in [0.2, 0.25) is 0 Å². The Morgan fingerprint density at radius 1 is 0.375 bits per heavy atom. The lowest BCUT2D eigenvalue weighted by atomic mass is 9.50. The molecule has 0 radical (unpaired) electrons. The molecule has 11 rings (SSSR count). The Labute approximate surface area is 352 Å². The van der Waals surface area contributed by atoms with Crippen molar-refractivity contribution < 1.29 is 99.5 Å². The molecule has 1 N–H and O–H groups in total. The molecule has 3 aromatic carbocycles. The maximum atomic E-state index is 13.6. The summed E-state index contributed by atoms with van der Waals surface area (Å²) >= 11 is 0. The summed E-state index contributed by atoms with van der Waals surface area (Å²) in [6.45, 7) is 0.501. The molecule has 7 nitrogen and oxygen atoms in total. The fourth-order valence-electron chi connectivity index (χ4n) is 11.5. The first-order valence-electron chi connectivity index (χ1n) is 20.0. The molecule has 0 heterocycles. The number of carbonyl (C=O) groups excluding carboxylic acids is 2. The van der Waals surface area contributed by atoms with E-state index in [-0.39, 0.29) is 12.0 Å². The summed E-state index contributed by atoms with van der Waals surface area (Å²) in [5, 5.41) is 9.43. The first kappa shape index (κ1) is 47.1. The number of aliphatic hydroxyl groups is 1. The van der Waals surface area contributed by atoms with Crippen molar-refractivity contribution in [3.8, 4) is 17.2 Å². The number of hydrogen-bond donors (Lipinski definition) is 1. The van der Waals surface area contributed by atoms with Crippen molar-refractivity contribution >= 4 is 12.3 Å². The van der Waals surface area contributed by atoms with E-state index in [2.05, 4.69) is 14.2 Å². The van der Waals surface area contributed by atoms with Crippen LogP contribution in [0.3, 0.4) is 0 Å². The van der Waals surface area contributed by atoms with E-state index in [1.54, 1.807) is 0 Å². The standard InChI is InChI=1S/C18H17F5O3.C13F10O3.C11H18O/c19-11-12(20)14(22)16(15(23)13(11)21)26-17(24)25-7-18-4-8-1-9(5-18)3-10(2-8)6-18;14-1-3(16)7(20)11(8(21)4(1)17)25-13(24)26-12-9(22)5(18)2(15)6(19)10(12)23;12-7-11-4-8-1-9(5-11)3-10(2-8)6-11/h8-10H,1-7H2;;8-10,12H,1-7H2. The van der Waals surface area contributed by atoms with Crippen LogP contribution in [-0.4, -0.2) is 30.6 Å². The minimum atomic E-state index is -2.62. The Balaban J connectivity index is 0.000000153. The van der Waals surface area contributed by atoms with Crippen molar-refractivity contribution in [1.82, 2.24) is 0 Å². The molecule has 350 valence electrons. The largest absolute Gasteiger partial charge is 0.519 e. The molecule has 0 saturated heterocycles. The van der Waals surface area contributed by atoms with Gasteiger partial charge in [0.25, 0.3) is 0 Å². The highest BCUT2D eigenvalue weighted by atomic mass is 19.2. The van der Waals surface area contributed by atoms with Gasteiger partial charge in [-0.25, -0.2) is 49.1 Å². The van der Waals surface area contributed by atoms with Crippen molar-refractivity contribution in [2.45, 2.75) is 77.0 Å². The lowest BCUT2D eigenvalue weighted by Crippen LogP contribution is -2.48. The van der Waals surface area contributed by atoms with Crippen molar-refractivity contribution in [1.29, 1.82) is 0 Å². The Morgan fingerprint density at radius 2 is 0.594 bits per heavy atom. The second-order valence-corrected chi connectivity index (χ2v) is 17.8. The van der Waals surface area contributed by atoms with Crippen molar-refractivity contribution in [2.24, 2.45) is 46.3 Å². The Bertz CT molecular complexity index is 2130. The van der Waals surface area contributed by atoms with E-state index >= 15 is 0 Å². The normalized spacial score (nSPS) is 27.9. The molecule has 64 heavy (non-hydrogen) atoms. The molecule has 0 amide bonds. The summed E-state index contributed by atoms with van der Waals surface area (Å²) in [6, 6.07) is 0. The summed E-state index contributed by atoms with van der Waals surface area (Å²) in [7, 11) is 0. The number of ether oxygens (including phenoxy) is 4. The summed E-state index contributed by atoms with van der Waals surface area (Å²) in [4.78, 5) is 23.0. The molecule has 8 aliphatic carbocycles. The number of halogens is 15. The van der Waals surface area contributed by atoms with Gasteiger partial charge >= 0.3 is 12.3 Å². The van der Waals surface area contributed by atoms with Gasteiger partial charge in [-0.15, -0.1) is 0 Å². The molecule has 0 aliphatic heterocycles. The number of hydrogen-bond acceptors (Lipinski definition) is 7. The van der Waals surface area contributed by atoms with Crippen LogP contribution >= 0.6 is 0 Å². The molecule has 8 bridgehead atoms. The van der Waals surface area contributed by atoms with Gasteiger partial charge in [-0.05, 0) is 118 Å². The Hall–Kier alpha value is -4.89. The van der Waals surface area contributed by atoms with E-state index in [1.807, 2.05) is 0 Å². The summed E-state index contributed by atoms with van der Waals surface area (Å²) < 4.78 is 213. The lowest BCUT2D eigenvalue weighted by molar-refractivity contribution is -0.0862. The molecule has 8 fully saturated rings. The van der Waals surface area contributed by atoms with Crippen molar-refractivity contribution in [3.63, 3.8) is 0 Å². The molecular formula is C42H35F15O7. The zero-order valence-corrected chi connectivity index (χ0v) is 32.9. The average Bonchev–Trinajstić information content (AvgIpc) is 3.25. The van der Waals surface area contributed by atoms with Crippen LogP contribution < -0.4 is 14.2 Å². The van der Waals surface area contributed by atoms with Gasteiger partial charge in [0.05, 0.1) is 0 Å². The van der Waals surface area contributed by atoms with E-state index < -0.39 is 117 Å². The van der Waals surface area contributed by atoms with Crippen LogP contribution in [-0.2, 0) is 4.74 Å². The molecule has 0 spiro atoms. The Morgan fingerprint density at radius 3 is 0.844 bits per heavy atom. The maximum Gasteiger partial charge on any atom is 0.519 e. The third-order valence-electron chi connectivity index (χ3n) is 13.2. The van der Waals surface area contributed by atoms with Crippen LogP contribution in [0.1, 0.15) is 77.0 Å². The van der Waals surface area contributed by atoms with E-state index in [1.165, 1.54) is 57.8 Å². The van der Waals surface area contributed by atoms with Gasteiger partial charge < -0.3 is 24.1 Å². The van der Waals surface area contributed by atoms with Gasteiger partial charge in [0.1, 0.15) is 6.61 Å². The molecule has 0 aromatic heterocycles. The summed E-state index contributed by atoms with van der Waals surface area (Å²) in [6.07, 6.45) is 10.8. The summed E-state index contributed by atoms with van der Waals surface area (Å²) in [5.41, 5.74) is 0.235. The minimum Gasteiger partial charge on any atom is -0.433 e. The number of aliphatic hydroxyl groups excluding tert-OH is 1. The smallest absolute Gasteiger partial charge is 0.433 e. The molecule has 22 heteroatoms. The van der Waals surface area contributed by atoms with Gasteiger partial charge in [-0.2, -0.15) is 26.3 Å². The zero-order valence-electron chi connectivity index (χ0n) is 32.9. The van der Waals surface area contributed by atoms with Crippen LogP contribution in [0.4, 0.5) is 75.4 Å². The highest BCUT2D eigenvalue weighted by Crippen LogP contribution is 2.61. The van der Waals surface area contributed by atoms with Crippen molar-refractivity contribution in [3.05, 3.63) is 87.3 Å². The first-order chi connectivity index (χ1) is 30.1. The Kier molecular flexibility index (Phi) is 13.1. The molecule has 8 aliphatic rings. The lowest BCUT2D eigenvalue weighted by Gasteiger charge is -2.56. The second kappa shape index (κ2) is 17.8. The summed E-state index contributed by atoms with van der Waals surface area (Å²) in [5.74, 6) is -38.4. The van der Waals surface area contributed by atoms with Gasteiger partial charge in [-0.3, -0.25) is 0 Å². The third-order valence-corrected chi connectivity index (χ3v) is 13.2. The van der Waals surface area contributed by atoms with E-state index in [4.69, 9.17) is 4.74 Å². The van der Waals surface area contributed by atoms with Crippen molar-refractivity contribution in [2.75, 3.05) is 13.2 Å². The minimum absolute atomic E-state index is 0.0325. The van der Waals surface area contributed by atoms with Gasteiger partial charge in [0, 0.05) is 12.0 Å². The molecule has 0 unspecified atom stereocenters. The molecule has 8 saturated carbocycles. The number of benzene rings is 3. The average molecular weight is 937 g/mol. The van der Waals surface area contributed by atoms with Crippen LogP contribution in [0.15, 0.2) is 0 Å². The van der Waals surface area contributed by atoms with Crippen LogP contribution in [0.25, 0.3) is 0 Å². The number of carbonyl (C=O) groups is 2. The van der Waals surface area contributed by atoms with Gasteiger partial charge in [-0.1, -0.05) is 0 Å². The van der Waals surface area contributed by atoms with Gasteiger partial charge in [0.2, 0.25) is 105 Å². The molecular weight excluding hydrogens is 901 g/mol. The second-order valence-electron chi connectivity index (χ2n) is 17.8. The first-order valence-corrected chi connectivity index (χ1v) is 20.0. The fourth-order valence-corrected chi connectivity index (χ4v) is 11.5. The van der Waals surface area contributed by atoms with E-state index in [9.17, 15) is 80.6 Å². The predicted molar refractivity (Wildman–Crippen MR) is 186 cm³/mol. The van der Waals surface area contributed by atoms with Crippen LogP contribution in [0.5, 0.6) is 17.2 Å². The zero-order chi connectivity index (χ0) is 46.7.